The van der Waals surface area contributed by atoms with Crippen LogP contribution in [0.5, 0.6) is 0 Å². The van der Waals surface area contributed by atoms with E-state index in [2.05, 4.69) is 5.32 Å². The predicted octanol–water partition coefficient (Wildman–Crippen LogP) is -0.550. The van der Waals surface area contributed by atoms with Gasteiger partial charge in [-0.2, -0.15) is 0 Å². The van der Waals surface area contributed by atoms with Gasteiger partial charge in [-0.1, -0.05) is 0 Å². The van der Waals surface area contributed by atoms with E-state index in [1.54, 1.807) is 11.8 Å². The Kier molecular flexibility index (Phi) is 2.55. The van der Waals surface area contributed by atoms with Crippen LogP contribution in [0.2, 0.25) is 0 Å². The molecule has 1 atom stereocenters. The van der Waals surface area contributed by atoms with Crippen molar-refractivity contribution in [1.29, 1.82) is 0 Å². The molecule has 2 rings (SSSR count). The number of nitrogens with one attached hydrogen (secondary N) is 1. The lowest BCUT2D eigenvalue weighted by Gasteiger charge is -2.18. The molecule has 0 bridgehead atoms. The number of ketones is 1. The van der Waals surface area contributed by atoms with Crippen LogP contribution in [-0.2, 0) is 9.59 Å². The third-order valence-corrected chi connectivity index (χ3v) is 3.31. The van der Waals surface area contributed by atoms with Crippen molar-refractivity contribution in [2.24, 2.45) is 0 Å². The molecule has 2 aliphatic rings. The van der Waals surface area contributed by atoms with Crippen LogP contribution in [0.25, 0.3) is 0 Å². The fourth-order valence-electron chi connectivity index (χ4n) is 1.59. The molecule has 2 heterocycles. The highest BCUT2D eigenvalue weighted by Crippen LogP contribution is 2.16. The molecule has 4 nitrogen and oxygen atoms in total. The molecule has 2 fully saturated rings. The second-order valence-electron chi connectivity index (χ2n) is 3.32. The van der Waals surface area contributed by atoms with Crippen LogP contribution >= 0.6 is 11.8 Å². The van der Waals surface area contributed by atoms with E-state index in [0.717, 1.165) is 18.2 Å². The lowest BCUT2D eigenvalue weighted by atomic mass is 10.2. The Bertz CT molecular complexity index is 238. The molecule has 0 aromatic carbocycles. The number of hydrogen-bond acceptors (Lipinski definition) is 4. The van der Waals surface area contributed by atoms with E-state index in [1.165, 1.54) is 0 Å². The average molecular weight is 200 g/mol. The highest BCUT2D eigenvalue weighted by molar-refractivity contribution is 7.99. The van der Waals surface area contributed by atoms with Gasteiger partial charge in [0.1, 0.15) is 5.78 Å². The van der Waals surface area contributed by atoms with Crippen molar-refractivity contribution in [3.05, 3.63) is 0 Å². The summed E-state index contributed by atoms with van der Waals surface area (Å²) >= 11 is 1.76. The highest BCUT2D eigenvalue weighted by atomic mass is 32.2. The van der Waals surface area contributed by atoms with Crippen molar-refractivity contribution >= 4 is 23.5 Å². The van der Waals surface area contributed by atoms with Crippen LogP contribution in [0, 0.1) is 0 Å². The van der Waals surface area contributed by atoms with Gasteiger partial charge < -0.3 is 4.90 Å². The first kappa shape index (κ1) is 9.02. The molecule has 0 aromatic rings. The smallest absolute Gasteiger partial charge is 0.240 e. The Morgan fingerprint density at radius 3 is 3.00 bits per heavy atom. The van der Waals surface area contributed by atoms with E-state index in [0.29, 0.717) is 13.0 Å². The summed E-state index contributed by atoms with van der Waals surface area (Å²) in [7, 11) is 0. The maximum absolute atomic E-state index is 11.7. The molecule has 0 aliphatic carbocycles. The number of carbonyl (C=O) groups is 2. The Morgan fingerprint density at radius 2 is 2.46 bits per heavy atom. The SMILES string of the molecule is O=C1CNC(C(=O)N2CCSC2)C1. The highest BCUT2D eigenvalue weighted by Gasteiger charge is 2.31. The molecule has 0 saturated carbocycles. The zero-order valence-electron chi connectivity index (χ0n) is 7.28. The number of Topliss-reactive ketones (excluding diaryl/α,β-unsaturated/α-hetero) is 1. The quantitative estimate of drug-likeness (QED) is 0.617. The van der Waals surface area contributed by atoms with E-state index in [-0.39, 0.29) is 17.7 Å². The number of hydrogen-bond donors (Lipinski definition) is 1. The molecular weight excluding hydrogens is 188 g/mol. The van der Waals surface area contributed by atoms with Gasteiger partial charge in [0, 0.05) is 18.7 Å². The Hall–Kier alpha value is -0.550. The van der Waals surface area contributed by atoms with Gasteiger partial charge in [0.05, 0.1) is 18.5 Å². The maximum atomic E-state index is 11.7. The van der Waals surface area contributed by atoms with Crippen molar-refractivity contribution in [3.63, 3.8) is 0 Å². The summed E-state index contributed by atoms with van der Waals surface area (Å²) in [5.41, 5.74) is 0. The summed E-state index contributed by atoms with van der Waals surface area (Å²) in [4.78, 5) is 24.4. The first-order valence-electron chi connectivity index (χ1n) is 4.39. The first-order valence-corrected chi connectivity index (χ1v) is 5.54. The number of nitrogens with zero attached hydrogens (tertiary/aromatic N) is 1. The zero-order valence-corrected chi connectivity index (χ0v) is 8.10. The molecule has 1 N–H and O–H groups in total. The molecular formula is C8H12N2O2S. The summed E-state index contributed by atoms with van der Waals surface area (Å²) < 4.78 is 0. The molecule has 1 amide bonds. The minimum absolute atomic E-state index is 0.0934. The molecule has 72 valence electrons. The Labute approximate surface area is 81.0 Å². The second kappa shape index (κ2) is 3.67. The third-order valence-electron chi connectivity index (χ3n) is 2.34. The van der Waals surface area contributed by atoms with E-state index < -0.39 is 0 Å². The van der Waals surface area contributed by atoms with Gasteiger partial charge in [-0.15, -0.1) is 11.8 Å². The normalized spacial score (nSPS) is 28.5. The molecule has 5 heteroatoms. The van der Waals surface area contributed by atoms with E-state index in [9.17, 15) is 9.59 Å². The molecule has 0 aromatic heterocycles. The Morgan fingerprint density at radius 1 is 1.62 bits per heavy atom. The lowest BCUT2D eigenvalue weighted by Crippen LogP contribution is -2.42. The van der Waals surface area contributed by atoms with Gasteiger partial charge in [-0.3, -0.25) is 14.9 Å². The predicted molar refractivity (Wildman–Crippen MR) is 50.5 cm³/mol. The van der Waals surface area contributed by atoms with Crippen molar-refractivity contribution in [2.75, 3.05) is 24.7 Å². The van der Waals surface area contributed by atoms with E-state index in [1.807, 2.05) is 4.90 Å². The van der Waals surface area contributed by atoms with Gasteiger partial charge in [-0.05, 0) is 0 Å². The number of carbonyl (C=O) groups excluding carboxylic acids is 2. The number of rotatable bonds is 1. The minimum Gasteiger partial charge on any atom is -0.331 e. The average Bonchev–Trinajstić information content (AvgIpc) is 2.72. The fourth-order valence-corrected chi connectivity index (χ4v) is 2.55. The van der Waals surface area contributed by atoms with Gasteiger partial charge in [0.25, 0.3) is 0 Å². The Balaban J connectivity index is 1.92. The van der Waals surface area contributed by atoms with Crippen molar-refractivity contribution in [3.8, 4) is 0 Å². The molecule has 0 radical (unpaired) electrons. The molecule has 13 heavy (non-hydrogen) atoms. The third kappa shape index (κ3) is 1.86. The summed E-state index contributed by atoms with van der Waals surface area (Å²) in [6.07, 6.45) is 0.375. The summed E-state index contributed by atoms with van der Waals surface area (Å²) in [6, 6.07) is -0.244. The number of amides is 1. The first-order chi connectivity index (χ1) is 6.27. The van der Waals surface area contributed by atoms with Gasteiger partial charge >= 0.3 is 0 Å². The lowest BCUT2D eigenvalue weighted by molar-refractivity contribution is -0.132. The molecule has 2 aliphatic heterocycles. The van der Waals surface area contributed by atoms with E-state index >= 15 is 0 Å². The van der Waals surface area contributed by atoms with Crippen molar-refractivity contribution < 1.29 is 9.59 Å². The van der Waals surface area contributed by atoms with Crippen LogP contribution < -0.4 is 5.32 Å². The van der Waals surface area contributed by atoms with Crippen LogP contribution in [0.1, 0.15) is 6.42 Å². The maximum Gasteiger partial charge on any atom is 0.240 e. The monoisotopic (exact) mass is 200 g/mol. The van der Waals surface area contributed by atoms with Crippen LogP contribution in [-0.4, -0.2) is 47.4 Å². The van der Waals surface area contributed by atoms with Gasteiger partial charge in [-0.25, -0.2) is 0 Å². The molecule has 1 unspecified atom stereocenters. The van der Waals surface area contributed by atoms with Crippen LogP contribution in [0.15, 0.2) is 0 Å². The zero-order chi connectivity index (χ0) is 9.26. The van der Waals surface area contributed by atoms with Gasteiger partial charge in [0.2, 0.25) is 5.91 Å². The minimum atomic E-state index is -0.244. The number of thioether (sulfide) groups is 1. The van der Waals surface area contributed by atoms with Crippen molar-refractivity contribution in [1.82, 2.24) is 10.2 Å². The summed E-state index contributed by atoms with van der Waals surface area (Å²) in [5, 5.41) is 2.93. The van der Waals surface area contributed by atoms with E-state index in [4.69, 9.17) is 0 Å². The van der Waals surface area contributed by atoms with Gasteiger partial charge in [0.15, 0.2) is 0 Å². The summed E-state index contributed by atoms with van der Waals surface area (Å²) in [5.74, 6) is 2.04. The van der Waals surface area contributed by atoms with Crippen LogP contribution in [0.4, 0.5) is 0 Å². The topological polar surface area (TPSA) is 49.4 Å². The standard InChI is InChI=1S/C8H12N2O2S/c11-6-3-7(9-4-6)8(12)10-1-2-13-5-10/h7,9H,1-5H2. The molecule has 0 spiro atoms. The fraction of sp³-hybridized carbons (Fsp3) is 0.750. The second-order valence-corrected chi connectivity index (χ2v) is 4.39. The largest absolute Gasteiger partial charge is 0.331 e. The van der Waals surface area contributed by atoms with Crippen molar-refractivity contribution in [2.45, 2.75) is 12.5 Å². The summed E-state index contributed by atoms with van der Waals surface area (Å²) in [6.45, 7) is 1.19. The van der Waals surface area contributed by atoms with Crippen LogP contribution in [0.3, 0.4) is 0 Å². The molecule has 2 saturated heterocycles.